The molecule has 1 heterocycles. The van der Waals surface area contributed by atoms with Crippen molar-refractivity contribution in [1.29, 1.82) is 0 Å². The van der Waals surface area contributed by atoms with Crippen LogP contribution in [0.2, 0.25) is 0 Å². The molecule has 1 unspecified atom stereocenters. The number of benzene rings is 1. The van der Waals surface area contributed by atoms with Crippen molar-refractivity contribution in [1.82, 2.24) is 0 Å². The molecule has 2 aromatic rings. The fourth-order valence-corrected chi connectivity index (χ4v) is 5.73. The lowest BCUT2D eigenvalue weighted by Crippen LogP contribution is -2.26. The Morgan fingerprint density at radius 3 is 2.35 bits per heavy atom. The minimum absolute atomic E-state index is 0.105. The van der Waals surface area contributed by atoms with Crippen LogP contribution in [0.4, 0.5) is 5.00 Å². The SMILES string of the molecule is COC(=O)c1c(NC(=O)CCCOc2ccc(C(C)(C)C)cc2)sc2c1CCC(C(C)(C)C)C2. The summed E-state index contributed by atoms with van der Waals surface area (Å²) in [5, 5.41) is 3.60. The fraction of sp³-hybridized carbons (Fsp3) is 0.571. The highest BCUT2D eigenvalue weighted by Gasteiger charge is 2.34. The Morgan fingerprint density at radius 2 is 1.76 bits per heavy atom. The molecule has 5 nitrogen and oxygen atoms in total. The predicted molar refractivity (Wildman–Crippen MR) is 139 cm³/mol. The van der Waals surface area contributed by atoms with Gasteiger partial charge in [-0.1, -0.05) is 53.7 Å². The van der Waals surface area contributed by atoms with E-state index in [1.54, 1.807) is 0 Å². The van der Waals surface area contributed by atoms with Crippen molar-refractivity contribution in [3.05, 3.63) is 45.8 Å². The van der Waals surface area contributed by atoms with Crippen molar-refractivity contribution < 1.29 is 19.1 Å². The molecule has 0 bridgehead atoms. The molecule has 1 aromatic carbocycles. The number of methoxy groups -OCH3 is 1. The Bertz CT molecular complexity index is 1010. The van der Waals surface area contributed by atoms with Crippen molar-refractivity contribution in [2.75, 3.05) is 19.0 Å². The second-order valence-electron chi connectivity index (χ2n) is 11.3. The van der Waals surface area contributed by atoms with Crippen LogP contribution in [0.25, 0.3) is 0 Å². The number of ether oxygens (including phenoxy) is 2. The second kappa shape index (κ2) is 10.5. The lowest BCUT2D eigenvalue weighted by molar-refractivity contribution is -0.116. The molecule has 0 spiro atoms. The zero-order valence-electron chi connectivity index (χ0n) is 21.7. The maximum Gasteiger partial charge on any atom is 0.341 e. The van der Waals surface area contributed by atoms with Gasteiger partial charge in [-0.05, 0) is 65.7 Å². The summed E-state index contributed by atoms with van der Waals surface area (Å²) in [7, 11) is 1.39. The summed E-state index contributed by atoms with van der Waals surface area (Å²) in [5.74, 6) is 0.884. The van der Waals surface area contributed by atoms with Gasteiger partial charge in [-0.2, -0.15) is 0 Å². The molecular weight excluding hydrogens is 446 g/mol. The summed E-state index contributed by atoms with van der Waals surface area (Å²) < 4.78 is 10.9. The summed E-state index contributed by atoms with van der Waals surface area (Å²) >= 11 is 1.53. The Hall–Kier alpha value is -2.34. The number of hydrogen-bond acceptors (Lipinski definition) is 5. The summed E-state index contributed by atoms with van der Waals surface area (Å²) in [6, 6.07) is 8.12. The lowest BCUT2D eigenvalue weighted by Gasteiger charge is -2.33. The van der Waals surface area contributed by atoms with Gasteiger partial charge in [-0.15, -0.1) is 11.3 Å². The molecule has 1 aliphatic rings. The zero-order chi connectivity index (χ0) is 25.1. The molecule has 0 saturated carbocycles. The Morgan fingerprint density at radius 1 is 1.09 bits per heavy atom. The largest absolute Gasteiger partial charge is 0.494 e. The van der Waals surface area contributed by atoms with Gasteiger partial charge in [0, 0.05) is 11.3 Å². The second-order valence-corrected chi connectivity index (χ2v) is 12.4. The van der Waals surface area contributed by atoms with Gasteiger partial charge in [0.05, 0.1) is 19.3 Å². The van der Waals surface area contributed by atoms with Crippen LogP contribution in [-0.2, 0) is 27.8 Å². The number of fused-ring (bicyclic) bond motifs is 1. The minimum Gasteiger partial charge on any atom is -0.494 e. The molecule has 0 fully saturated rings. The molecule has 1 amide bonds. The number of amides is 1. The summed E-state index contributed by atoms with van der Waals surface area (Å²) in [4.78, 5) is 26.4. The lowest BCUT2D eigenvalue weighted by atomic mass is 9.72. The third kappa shape index (κ3) is 6.41. The topological polar surface area (TPSA) is 64.6 Å². The van der Waals surface area contributed by atoms with Crippen LogP contribution >= 0.6 is 11.3 Å². The van der Waals surface area contributed by atoms with Crippen molar-refractivity contribution >= 4 is 28.2 Å². The number of rotatable bonds is 7. The first-order chi connectivity index (χ1) is 15.9. The number of thiophene rings is 1. The van der Waals surface area contributed by atoms with E-state index in [1.165, 1.54) is 28.9 Å². The predicted octanol–water partition coefficient (Wildman–Crippen LogP) is 6.78. The van der Waals surface area contributed by atoms with Crippen molar-refractivity contribution in [3.8, 4) is 5.75 Å². The minimum atomic E-state index is -0.371. The Kier molecular flexibility index (Phi) is 8.12. The van der Waals surface area contributed by atoms with E-state index in [2.05, 4.69) is 59.0 Å². The van der Waals surface area contributed by atoms with E-state index in [0.717, 1.165) is 30.6 Å². The maximum atomic E-state index is 12.7. The molecule has 186 valence electrons. The molecule has 3 rings (SSSR count). The molecule has 1 atom stereocenters. The molecule has 1 aromatic heterocycles. The smallest absolute Gasteiger partial charge is 0.341 e. The van der Waals surface area contributed by atoms with Gasteiger partial charge in [0.15, 0.2) is 0 Å². The zero-order valence-corrected chi connectivity index (χ0v) is 22.5. The monoisotopic (exact) mass is 485 g/mol. The molecule has 6 heteroatoms. The van der Waals surface area contributed by atoms with Crippen LogP contribution in [0.3, 0.4) is 0 Å². The maximum absolute atomic E-state index is 12.7. The van der Waals surface area contributed by atoms with Crippen LogP contribution in [0.15, 0.2) is 24.3 Å². The number of anilines is 1. The van der Waals surface area contributed by atoms with Crippen LogP contribution in [0, 0.1) is 11.3 Å². The first kappa shape index (κ1) is 26.3. The van der Waals surface area contributed by atoms with Crippen LogP contribution < -0.4 is 10.1 Å². The summed E-state index contributed by atoms with van der Waals surface area (Å²) in [5.41, 5.74) is 3.17. The highest BCUT2D eigenvalue weighted by Crippen LogP contribution is 2.44. The molecule has 0 aliphatic heterocycles. The molecular formula is C28H39NO4S. The van der Waals surface area contributed by atoms with Gasteiger partial charge in [0.25, 0.3) is 0 Å². The quantitative estimate of drug-likeness (QED) is 0.347. The molecule has 1 aliphatic carbocycles. The van der Waals surface area contributed by atoms with E-state index < -0.39 is 0 Å². The van der Waals surface area contributed by atoms with E-state index in [9.17, 15) is 9.59 Å². The van der Waals surface area contributed by atoms with E-state index in [4.69, 9.17) is 9.47 Å². The first-order valence-electron chi connectivity index (χ1n) is 12.2. The third-order valence-corrected chi connectivity index (χ3v) is 7.84. The number of esters is 1. The highest BCUT2D eigenvalue weighted by molar-refractivity contribution is 7.17. The van der Waals surface area contributed by atoms with Crippen molar-refractivity contribution in [2.24, 2.45) is 11.3 Å². The Balaban J connectivity index is 1.58. The van der Waals surface area contributed by atoms with Gasteiger partial charge in [-0.3, -0.25) is 4.79 Å². The Labute approximate surface area is 208 Å². The summed E-state index contributed by atoms with van der Waals surface area (Å²) in [6.45, 7) is 13.8. The van der Waals surface area contributed by atoms with Crippen molar-refractivity contribution in [2.45, 2.75) is 79.1 Å². The van der Waals surface area contributed by atoms with Gasteiger partial charge < -0.3 is 14.8 Å². The first-order valence-corrected chi connectivity index (χ1v) is 13.0. The molecule has 0 saturated heterocycles. The summed E-state index contributed by atoms with van der Waals surface area (Å²) in [6.07, 6.45) is 3.74. The van der Waals surface area contributed by atoms with E-state index in [1.807, 2.05) is 12.1 Å². The number of hydrogen-bond donors (Lipinski definition) is 1. The fourth-order valence-electron chi connectivity index (χ4n) is 4.39. The molecule has 1 N–H and O–H groups in total. The average Bonchev–Trinajstić information content (AvgIpc) is 3.12. The van der Waals surface area contributed by atoms with Crippen LogP contribution in [0.1, 0.15) is 87.2 Å². The van der Waals surface area contributed by atoms with Gasteiger partial charge in [0.2, 0.25) is 5.91 Å². The van der Waals surface area contributed by atoms with Crippen LogP contribution in [0.5, 0.6) is 5.75 Å². The van der Waals surface area contributed by atoms with E-state index in [0.29, 0.717) is 35.9 Å². The standard InChI is InChI=1S/C28H39NO4S/c1-27(2,3)18-10-13-20(14-11-18)33-16-8-9-23(30)29-25-24(26(31)32-7)21-15-12-19(28(4,5)6)17-22(21)34-25/h10-11,13-14,19H,8-9,12,15-17H2,1-7H3,(H,29,30). The average molecular weight is 486 g/mol. The third-order valence-electron chi connectivity index (χ3n) is 6.67. The number of carbonyl (C=O) groups is 2. The number of nitrogens with one attached hydrogen (secondary N) is 1. The highest BCUT2D eigenvalue weighted by atomic mass is 32.1. The number of carbonyl (C=O) groups excluding carboxylic acids is 2. The van der Waals surface area contributed by atoms with Crippen LogP contribution in [-0.4, -0.2) is 25.6 Å². The van der Waals surface area contributed by atoms with Gasteiger partial charge in [0.1, 0.15) is 10.8 Å². The van der Waals surface area contributed by atoms with Gasteiger partial charge >= 0.3 is 5.97 Å². The van der Waals surface area contributed by atoms with Crippen molar-refractivity contribution in [3.63, 3.8) is 0 Å². The molecule has 0 radical (unpaired) electrons. The van der Waals surface area contributed by atoms with E-state index >= 15 is 0 Å². The molecule has 34 heavy (non-hydrogen) atoms. The normalized spacial score (nSPS) is 16.0. The van der Waals surface area contributed by atoms with E-state index in [-0.39, 0.29) is 22.7 Å². The van der Waals surface area contributed by atoms with Gasteiger partial charge in [-0.25, -0.2) is 4.79 Å².